The fraction of sp³-hybridized carbons (Fsp3) is 0.276. The first kappa shape index (κ1) is 39.1. The number of anilines is 6. The molecule has 0 saturated carbocycles. The van der Waals surface area contributed by atoms with Crippen molar-refractivity contribution in [3.8, 4) is 22.3 Å². The van der Waals surface area contributed by atoms with Gasteiger partial charge in [-0.15, -0.1) is 0 Å². The molecule has 7 aromatic rings. The largest absolute Gasteiger partial charge is 0.312 e. The van der Waals surface area contributed by atoms with Gasteiger partial charge in [0.1, 0.15) is 0 Å². The van der Waals surface area contributed by atoms with Gasteiger partial charge in [-0.2, -0.15) is 0 Å². The van der Waals surface area contributed by atoms with Gasteiger partial charge in [0.2, 0.25) is 6.71 Å². The smallest absolute Gasteiger partial charge is 0.250 e. The Hall–Kier alpha value is -5.73. The second-order valence-electron chi connectivity index (χ2n) is 22.7. The second-order valence-corrected chi connectivity index (χ2v) is 22.7. The number of nitrogens with zero attached hydrogens (tertiary/aromatic N) is 2. The Kier molecular flexibility index (Phi) is 8.15. The lowest BCUT2D eigenvalue weighted by Gasteiger charge is -2.45. The number of para-hydroxylation sites is 2. The molecule has 0 spiro atoms. The number of benzene rings is 7. The van der Waals surface area contributed by atoms with Crippen molar-refractivity contribution < 1.29 is 0 Å². The molecule has 0 aromatic heterocycles. The number of fused-ring (bicyclic) bond motifs is 10. The molecule has 62 heavy (non-hydrogen) atoms. The van der Waals surface area contributed by atoms with E-state index in [2.05, 4.69) is 226 Å². The minimum atomic E-state index is -0.0547. The number of rotatable bonds is 3. The van der Waals surface area contributed by atoms with Gasteiger partial charge in [0.25, 0.3) is 6.71 Å². The molecule has 306 valence electrons. The van der Waals surface area contributed by atoms with Crippen LogP contribution in [-0.2, 0) is 21.7 Å². The number of hydrogen-bond acceptors (Lipinski definition) is 2. The lowest BCUT2D eigenvalue weighted by Crippen LogP contribution is -2.63. The van der Waals surface area contributed by atoms with Gasteiger partial charge in [0.05, 0.1) is 0 Å². The van der Waals surface area contributed by atoms with Crippen LogP contribution in [0.15, 0.2) is 133 Å². The summed E-state index contributed by atoms with van der Waals surface area (Å²) < 4.78 is 0. The molecule has 4 heteroatoms. The molecule has 0 bridgehead atoms. The highest BCUT2D eigenvalue weighted by Crippen LogP contribution is 2.49. The summed E-state index contributed by atoms with van der Waals surface area (Å²) in [6, 6.07) is 52.1. The summed E-state index contributed by atoms with van der Waals surface area (Å²) in [6.07, 6.45) is 0. The summed E-state index contributed by atoms with van der Waals surface area (Å²) in [5.41, 5.74) is 27.1. The average Bonchev–Trinajstić information content (AvgIpc) is 3.73. The van der Waals surface area contributed by atoms with Crippen LogP contribution >= 0.6 is 0 Å². The third kappa shape index (κ3) is 5.64. The zero-order valence-electron chi connectivity index (χ0n) is 38.8. The Morgan fingerprint density at radius 3 is 1.23 bits per heavy atom. The van der Waals surface area contributed by atoms with Gasteiger partial charge in [0.15, 0.2) is 0 Å². The Morgan fingerprint density at radius 1 is 0.371 bits per heavy atom. The van der Waals surface area contributed by atoms with Gasteiger partial charge in [-0.05, 0) is 130 Å². The maximum atomic E-state index is 2.75. The maximum Gasteiger partial charge on any atom is 0.250 e. The third-order valence-electron chi connectivity index (χ3n) is 14.5. The molecular formula is C58H58B2N2. The van der Waals surface area contributed by atoms with E-state index in [0.29, 0.717) is 0 Å². The molecule has 0 fully saturated rings. The first-order valence-electron chi connectivity index (χ1n) is 22.8. The predicted octanol–water partition coefficient (Wildman–Crippen LogP) is 11.4. The molecule has 7 aromatic carbocycles. The van der Waals surface area contributed by atoms with Crippen molar-refractivity contribution in [2.75, 3.05) is 9.80 Å². The summed E-state index contributed by atoms with van der Waals surface area (Å²) in [5.74, 6) is 0. The summed E-state index contributed by atoms with van der Waals surface area (Å²) >= 11 is 0. The van der Waals surface area contributed by atoms with Crippen LogP contribution in [0.1, 0.15) is 105 Å². The zero-order valence-corrected chi connectivity index (χ0v) is 38.8. The fourth-order valence-electron chi connectivity index (χ4n) is 11.0. The molecule has 11 rings (SSSR count). The van der Waals surface area contributed by atoms with Gasteiger partial charge in [-0.1, -0.05) is 185 Å². The van der Waals surface area contributed by atoms with Crippen molar-refractivity contribution in [1.29, 1.82) is 0 Å². The van der Waals surface area contributed by atoms with Crippen LogP contribution < -0.4 is 42.6 Å². The number of hydrogen-bond donors (Lipinski definition) is 0. The van der Waals surface area contributed by atoms with Crippen molar-refractivity contribution in [3.63, 3.8) is 0 Å². The van der Waals surface area contributed by atoms with Crippen LogP contribution in [-0.4, -0.2) is 13.4 Å². The van der Waals surface area contributed by atoms with E-state index in [9.17, 15) is 0 Å². The summed E-state index contributed by atoms with van der Waals surface area (Å²) in [6.45, 7) is 28.5. The SMILES string of the molecule is CC(C)(C)c1ccc2c(c1)-c1cc(C(C)(C)C)cc3c1B2c1ccc(N(c2ccccc2)c2ccccc2)c2c1N3c1cc(C(C)(C)C)cc3c1B2c1ccc(C(C)(C)C)cc1-3. The molecule has 2 nitrogen and oxygen atoms in total. The molecule has 4 aliphatic rings. The lowest BCUT2D eigenvalue weighted by atomic mass is 9.32. The van der Waals surface area contributed by atoms with Crippen molar-refractivity contribution in [2.45, 2.75) is 105 Å². The highest BCUT2D eigenvalue weighted by molar-refractivity contribution is 7.06. The van der Waals surface area contributed by atoms with E-state index in [4.69, 9.17) is 0 Å². The monoisotopic (exact) mass is 804 g/mol. The van der Waals surface area contributed by atoms with E-state index >= 15 is 0 Å². The van der Waals surface area contributed by atoms with Gasteiger partial charge >= 0.3 is 0 Å². The minimum absolute atomic E-state index is 0.0176. The quantitative estimate of drug-likeness (QED) is 0.164. The van der Waals surface area contributed by atoms with Crippen LogP contribution in [0.25, 0.3) is 22.3 Å². The maximum absolute atomic E-state index is 2.75. The van der Waals surface area contributed by atoms with E-state index in [1.54, 1.807) is 0 Å². The van der Waals surface area contributed by atoms with Crippen LogP contribution in [0.4, 0.5) is 34.1 Å². The Morgan fingerprint density at radius 2 is 0.774 bits per heavy atom. The van der Waals surface area contributed by atoms with E-state index < -0.39 is 0 Å². The normalized spacial score (nSPS) is 14.4. The van der Waals surface area contributed by atoms with Crippen molar-refractivity contribution in [2.24, 2.45) is 0 Å². The predicted molar refractivity (Wildman–Crippen MR) is 271 cm³/mol. The van der Waals surface area contributed by atoms with Crippen LogP contribution in [0.3, 0.4) is 0 Å². The van der Waals surface area contributed by atoms with Crippen LogP contribution in [0.2, 0.25) is 0 Å². The van der Waals surface area contributed by atoms with E-state index in [1.165, 1.54) is 100 Å². The summed E-state index contributed by atoms with van der Waals surface area (Å²) in [7, 11) is 0. The second kappa shape index (κ2) is 12.9. The van der Waals surface area contributed by atoms with Crippen LogP contribution in [0, 0.1) is 0 Å². The average molecular weight is 805 g/mol. The molecule has 0 amide bonds. The van der Waals surface area contributed by atoms with Gasteiger partial charge in [0, 0.05) is 34.1 Å². The van der Waals surface area contributed by atoms with Crippen LogP contribution in [0.5, 0.6) is 0 Å². The minimum Gasteiger partial charge on any atom is -0.312 e. The molecule has 0 unspecified atom stereocenters. The molecule has 0 atom stereocenters. The first-order chi connectivity index (χ1) is 29.3. The zero-order chi connectivity index (χ0) is 43.4. The molecular weight excluding hydrogens is 746 g/mol. The molecule has 4 heterocycles. The Bertz CT molecular complexity index is 2940. The Labute approximate surface area is 371 Å². The highest BCUT2D eigenvalue weighted by Gasteiger charge is 2.52. The van der Waals surface area contributed by atoms with E-state index in [0.717, 1.165) is 11.4 Å². The van der Waals surface area contributed by atoms with Crippen molar-refractivity contribution >= 4 is 80.3 Å². The van der Waals surface area contributed by atoms with E-state index in [-0.39, 0.29) is 35.1 Å². The molecule has 0 N–H and O–H groups in total. The fourth-order valence-corrected chi connectivity index (χ4v) is 11.0. The Balaban J connectivity index is 1.32. The van der Waals surface area contributed by atoms with Gasteiger partial charge in [-0.25, -0.2) is 0 Å². The molecule has 0 aliphatic carbocycles. The van der Waals surface area contributed by atoms with Crippen molar-refractivity contribution in [1.82, 2.24) is 0 Å². The molecule has 0 radical (unpaired) electrons. The van der Waals surface area contributed by atoms with E-state index in [1.807, 2.05) is 0 Å². The summed E-state index contributed by atoms with van der Waals surface area (Å²) in [5, 5.41) is 0. The topological polar surface area (TPSA) is 6.48 Å². The molecule has 4 aliphatic heterocycles. The first-order valence-corrected chi connectivity index (χ1v) is 22.8. The van der Waals surface area contributed by atoms with Gasteiger partial charge < -0.3 is 9.80 Å². The van der Waals surface area contributed by atoms with Crippen molar-refractivity contribution in [3.05, 3.63) is 156 Å². The highest BCUT2D eigenvalue weighted by atomic mass is 15.2. The van der Waals surface area contributed by atoms with Gasteiger partial charge in [-0.3, -0.25) is 0 Å². The third-order valence-corrected chi connectivity index (χ3v) is 14.5. The molecule has 0 saturated heterocycles. The lowest BCUT2D eigenvalue weighted by molar-refractivity contribution is 0.589. The summed E-state index contributed by atoms with van der Waals surface area (Å²) in [4.78, 5) is 5.28. The standard InChI is InChI=1S/C58H58B2N2/c1-55(2,3)35-23-25-45-41(29-35)43-31-37(57(7,8)9)33-49-51(43)59(45)47-27-28-48(61(39-19-15-13-16-20-39)40-21-17-14-18-22-40)53-54(47)62(49)50-34-38(58(10,11)12)32-44-42-30-36(56(4,5)6)24-26-46(42)60(53)52(44)50/h13-34H,1-12H3.